The highest BCUT2D eigenvalue weighted by molar-refractivity contribution is 14.1. The molecular formula is C17H19IO. The molecule has 1 unspecified atom stereocenters. The highest BCUT2D eigenvalue weighted by Gasteiger charge is 2.11. The molecule has 0 spiro atoms. The van der Waals surface area contributed by atoms with E-state index in [2.05, 4.69) is 48.6 Å². The van der Waals surface area contributed by atoms with Crippen LogP contribution in [0.25, 0.3) is 0 Å². The summed E-state index contributed by atoms with van der Waals surface area (Å²) in [5, 5.41) is 10.5. The van der Waals surface area contributed by atoms with Crippen LogP contribution in [0.4, 0.5) is 0 Å². The second kappa shape index (κ2) is 6.53. The Kier molecular flexibility index (Phi) is 4.99. The SMILES string of the molecule is CC(C)Cc1cccc(C(O)c2cccc(I)c2)c1. The second-order valence-electron chi connectivity index (χ2n) is 5.30. The lowest BCUT2D eigenvalue weighted by Gasteiger charge is -2.14. The molecule has 0 aliphatic heterocycles. The number of hydrogen-bond acceptors (Lipinski definition) is 1. The van der Waals surface area contributed by atoms with Crippen molar-refractivity contribution in [2.45, 2.75) is 26.4 Å². The molecule has 0 amide bonds. The van der Waals surface area contributed by atoms with E-state index in [0.717, 1.165) is 21.1 Å². The zero-order valence-corrected chi connectivity index (χ0v) is 13.5. The van der Waals surface area contributed by atoms with E-state index < -0.39 is 6.10 Å². The lowest BCUT2D eigenvalue weighted by Crippen LogP contribution is -2.02. The molecule has 0 heterocycles. The molecule has 100 valence electrons. The van der Waals surface area contributed by atoms with Gasteiger partial charge in [0.15, 0.2) is 0 Å². The maximum absolute atomic E-state index is 10.5. The largest absolute Gasteiger partial charge is 0.384 e. The molecule has 0 aliphatic carbocycles. The Bertz CT molecular complexity index is 548. The molecule has 0 bridgehead atoms. The minimum atomic E-state index is -0.540. The lowest BCUT2D eigenvalue weighted by atomic mass is 9.96. The number of rotatable bonds is 4. The van der Waals surface area contributed by atoms with Gasteiger partial charge in [0.05, 0.1) is 0 Å². The van der Waals surface area contributed by atoms with Gasteiger partial charge in [0.2, 0.25) is 0 Å². The normalized spacial score (nSPS) is 12.7. The van der Waals surface area contributed by atoms with Crippen molar-refractivity contribution in [3.05, 3.63) is 68.8 Å². The minimum absolute atomic E-state index is 0.540. The summed E-state index contributed by atoms with van der Waals surface area (Å²) >= 11 is 2.27. The molecule has 0 saturated heterocycles. The first-order valence-electron chi connectivity index (χ1n) is 6.58. The van der Waals surface area contributed by atoms with Gasteiger partial charge in [0.1, 0.15) is 6.10 Å². The molecule has 2 aromatic rings. The third-order valence-electron chi connectivity index (χ3n) is 3.08. The number of hydrogen-bond donors (Lipinski definition) is 1. The number of benzene rings is 2. The van der Waals surface area contributed by atoms with Crippen molar-refractivity contribution in [1.29, 1.82) is 0 Å². The van der Waals surface area contributed by atoms with Crippen molar-refractivity contribution in [2.75, 3.05) is 0 Å². The predicted molar refractivity (Wildman–Crippen MR) is 88.2 cm³/mol. The van der Waals surface area contributed by atoms with Crippen LogP contribution in [0.3, 0.4) is 0 Å². The van der Waals surface area contributed by atoms with Crippen LogP contribution in [0, 0.1) is 9.49 Å². The predicted octanol–water partition coefficient (Wildman–Crippen LogP) is 4.57. The van der Waals surface area contributed by atoms with Crippen molar-refractivity contribution < 1.29 is 5.11 Å². The molecule has 1 nitrogen and oxygen atoms in total. The zero-order chi connectivity index (χ0) is 13.8. The first-order valence-corrected chi connectivity index (χ1v) is 7.66. The van der Waals surface area contributed by atoms with Gasteiger partial charge in [0.25, 0.3) is 0 Å². The smallest absolute Gasteiger partial charge is 0.104 e. The summed E-state index contributed by atoms with van der Waals surface area (Å²) in [6, 6.07) is 16.3. The van der Waals surface area contributed by atoms with Gasteiger partial charge < -0.3 is 5.11 Å². The number of halogens is 1. The Morgan fingerprint density at radius 2 is 1.63 bits per heavy atom. The fourth-order valence-corrected chi connectivity index (χ4v) is 2.80. The van der Waals surface area contributed by atoms with Gasteiger partial charge in [0, 0.05) is 3.57 Å². The van der Waals surface area contributed by atoms with Gasteiger partial charge in [-0.15, -0.1) is 0 Å². The highest BCUT2D eigenvalue weighted by Crippen LogP contribution is 2.24. The van der Waals surface area contributed by atoms with Crippen LogP contribution in [0.15, 0.2) is 48.5 Å². The van der Waals surface area contributed by atoms with Gasteiger partial charge in [-0.2, -0.15) is 0 Å². The van der Waals surface area contributed by atoms with Gasteiger partial charge in [-0.05, 0) is 63.8 Å². The first-order chi connectivity index (χ1) is 9.06. The Hall–Kier alpha value is -0.870. The number of aliphatic hydroxyl groups is 1. The Labute approximate surface area is 128 Å². The summed E-state index contributed by atoms with van der Waals surface area (Å²) in [6.07, 6.45) is 0.509. The molecule has 0 saturated carbocycles. The molecule has 2 rings (SSSR count). The maximum atomic E-state index is 10.5. The summed E-state index contributed by atoms with van der Waals surface area (Å²) in [6.45, 7) is 4.42. The van der Waals surface area contributed by atoms with Crippen molar-refractivity contribution >= 4 is 22.6 Å². The average Bonchev–Trinajstić information content (AvgIpc) is 2.37. The van der Waals surface area contributed by atoms with Crippen LogP contribution < -0.4 is 0 Å². The molecule has 19 heavy (non-hydrogen) atoms. The average molecular weight is 366 g/mol. The molecule has 0 radical (unpaired) electrons. The summed E-state index contributed by atoms with van der Waals surface area (Å²) in [7, 11) is 0. The monoisotopic (exact) mass is 366 g/mol. The third-order valence-corrected chi connectivity index (χ3v) is 3.75. The maximum Gasteiger partial charge on any atom is 0.104 e. The fraction of sp³-hybridized carbons (Fsp3) is 0.294. The molecule has 0 aliphatic rings. The van der Waals surface area contributed by atoms with Crippen LogP contribution in [0.2, 0.25) is 0 Å². The Balaban J connectivity index is 2.26. The van der Waals surface area contributed by atoms with E-state index in [-0.39, 0.29) is 0 Å². The quantitative estimate of drug-likeness (QED) is 0.786. The van der Waals surface area contributed by atoms with Gasteiger partial charge in [-0.3, -0.25) is 0 Å². The second-order valence-corrected chi connectivity index (χ2v) is 6.55. The van der Waals surface area contributed by atoms with E-state index >= 15 is 0 Å². The standard InChI is InChI=1S/C17H19IO/c1-12(2)9-13-5-3-6-14(10-13)17(19)15-7-4-8-16(18)11-15/h3-8,10-12,17,19H,9H2,1-2H3. The molecule has 2 heteroatoms. The fourth-order valence-electron chi connectivity index (χ4n) is 2.23. The molecule has 0 aromatic heterocycles. The third kappa shape index (κ3) is 4.05. The Morgan fingerprint density at radius 3 is 2.26 bits per heavy atom. The summed E-state index contributed by atoms with van der Waals surface area (Å²) in [4.78, 5) is 0. The van der Waals surface area contributed by atoms with Crippen LogP contribution in [0.1, 0.15) is 36.6 Å². The molecule has 1 N–H and O–H groups in total. The van der Waals surface area contributed by atoms with Crippen molar-refractivity contribution in [3.8, 4) is 0 Å². The van der Waals surface area contributed by atoms with Gasteiger partial charge in [-0.1, -0.05) is 50.2 Å². The zero-order valence-electron chi connectivity index (χ0n) is 11.3. The Morgan fingerprint density at radius 1 is 1.00 bits per heavy atom. The van der Waals surface area contributed by atoms with Crippen molar-refractivity contribution in [1.82, 2.24) is 0 Å². The molecule has 1 atom stereocenters. The lowest BCUT2D eigenvalue weighted by molar-refractivity contribution is 0.220. The van der Waals surface area contributed by atoms with E-state index in [1.165, 1.54) is 5.56 Å². The van der Waals surface area contributed by atoms with Crippen LogP contribution in [0.5, 0.6) is 0 Å². The van der Waals surface area contributed by atoms with E-state index in [1.807, 2.05) is 36.4 Å². The van der Waals surface area contributed by atoms with E-state index in [4.69, 9.17) is 0 Å². The summed E-state index contributed by atoms with van der Waals surface area (Å²) < 4.78 is 1.15. The van der Waals surface area contributed by atoms with Gasteiger partial charge >= 0.3 is 0 Å². The molecule has 0 fully saturated rings. The minimum Gasteiger partial charge on any atom is -0.384 e. The summed E-state index contributed by atoms with van der Waals surface area (Å²) in [5.41, 5.74) is 3.21. The van der Waals surface area contributed by atoms with Crippen LogP contribution >= 0.6 is 22.6 Å². The summed E-state index contributed by atoms with van der Waals surface area (Å²) in [5.74, 6) is 0.630. The van der Waals surface area contributed by atoms with E-state index in [9.17, 15) is 5.11 Å². The first kappa shape index (κ1) is 14.5. The van der Waals surface area contributed by atoms with Crippen molar-refractivity contribution in [2.24, 2.45) is 5.92 Å². The van der Waals surface area contributed by atoms with E-state index in [0.29, 0.717) is 5.92 Å². The molecular weight excluding hydrogens is 347 g/mol. The van der Waals surface area contributed by atoms with Crippen LogP contribution in [-0.2, 0) is 6.42 Å². The van der Waals surface area contributed by atoms with E-state index in [1.54, 1.807) is 0 Å². The van der Waals surface area contributed by atoms with Gasteiger partial charge in [-0.25, -0.2) is 0 Å². The topological polar surface area (TPSA) is 20.2 Å². The van der Waals surface area contributed by atoms with Crippen LogP contribution in [-0.4, -0.2) is 5.11 Å². The number of aliphatic hydroxyl groups excluding tert-OH is 1. The van der Waals surface area contributed by atoms with Crippen molar-refractivity contribution in [3.63, 3.8) is 0 Å². The highest BCUT2D eigenvalue weighted by atomic mass is 127. The molecule has 2 aromatic carbocycles.